The molecular weight excluding hydrogens is 468 g/mol. The van der Waals surface area contributed by atoms with Crippen LogP contribution in [0.1, 0.15) is 10.4 Å². The number of morpholine rings is 1. The number of aryl methyl sites for hydroxylation is 1. The van der Waals surface area contributed by atoms with Crippen LogP contribution in [0.3, 0.4) is 0 Å². The highest BCUT2D eigenvalue weighted by Gasteiger charge is 2.25. The SMILES string of the molecule is CN(C)c1ccc2c(=O)c(C(=O)NCCN3CCOCC3)c3n(C)c4cc5ccccc5cc4n3c2n1. The fraction of sp³-hybridized carbons (Fsp3) is 0.321. The number of anilines is 1. The molecule has 0 atom stereocenters. The Hall–Kier alpha value is -3.95. The van der Waals surface area contributed by atoms with E-state index in [4.69, 9.17) is 9.72 Å². The summed E-state index contributed by atoms with van der Waals surface area (Å²) in [6, 6.07) is 15.9. The number of aromatic nitrogens is 3. The standard InChI is InChI=1S/C28H30N6O3/c1-31(2)23-9-8-20-25(35)24(27(36)29-10-11-33-12-14-37-15-13-33)28-32(3)21-16-18-6-4-5-7-19(18)17-22(21)34(28)26(20)30-23/h4-9,16-17H,10-15H2,1-3H3,(H,29,36). The number of nitrogens with one attached hydrogen (secondary N) is 1. The number of hydrogen-bond acceptors (Lipinski definition) is 6. The van der Waals surface area contributed by atoms with Gasteiger partial charge in [0.05, 0.1) is 29.6 Å². The Bertz CT molecular complexity index is 1730. The molecule has 9 nitrogen and oxygen atoms in total. The molecule has 0 unspecified atom stereocenters. The van der Waals surface area contributed by atoms with Gasteiger partial charge >= 0.3 is 0 Å². The molecule has 1 amide bonds. The van der Waals surface area contributed by atoms with E-state index in [2.05, 4.69) is 34.5 Å². The molecule has 5 aromatic rings. The minimum Gasteiger partial charge on any atom is -0.379 e. The third-order valence-electron chi connectivity index (χ3n) is 7.24. The number of hydrogen-bond donors (Lipinski definition) is 1. The van der Waals surface area contributed by atoms with E-state index in [0.717, 1.165) is 40.7 Å². The van der Waals surface area contributed by atoms with Gasteiger partial charge < -0.3 is 19.5 Å². The normalized spacial score (nSPS) is 14.7. The summed E-state index contributed by atoms with van der Waals surface area (Å²) in [6.45, 7) is 4.25. The summed E-state index contributed by atoms with van der Waals surface area (Å²) in [5, 5.41) is 5.59. The van der Waals surface area contributed by atoms with Crippen LogP contribution in [0.25, 0.3) is 38.5 Å². The number of carbonyl (C=O) groups is 1. The van der Waals surface area contributed by atoms with E-state index >= 15 is 0 Å². The van der Waals surface area contributed by atoms with E-state index in [9.17, 15) is 9.59 Å². The molecule has 1 N–H and O–H groups in total. The molecule has 0 radical (unpaired) electrons. The van der Waals surface area contributed by atoms with Crippen molar-refractivity contribution in [1.82, 2.24) is 24.2 Å². The van der Waals surface area contributed by atoms with Gasteiger partial charge in [-0.15, -0.1) is 0 Å². The molecule has 2 aromatic carbocycles. The number of rotatable bonds is 5. The van der Waals surface area contributed by atoms with Crippen molar-refractivity contribution >= 4 is 50.2 Å². The topological polar surface area (TPSA) is 84.1 Å². The number of pyridine rings is 2. The van der Waals surface area contributed by atoms with Crippen LogP contribution in [0.4, 0.5) is 5.82 Å². The van der Waals surface area contributed by atoms with Crippen molar-refractivity contribution in [3.8, 4) is 0 Å². The minimum atomic E-state index is -0.371. The van der Waals surface area contributed by atoms with E-state index in [1.807, 2.05) is 53.2 Å². The van der Waals surface area contributed by atoms with E-state index in [0.29, 0.717) is 43.0 Å². The van der Waals surface area contributed by atoms with Gasteiger partial charge in [0.2, 0.25) is 5.43 Å². The molecular formula is C28H30N6O3. The van der Waals surface area contributed by atoms with Crippen molar-refractivity contribution in [2.75, 3.05) is 58.4 Å². The molecule has 1 fully saturated rings. The van der Waals surface area contributed by atoms with Crippen LogP contribution in [0, 0.1) is 0 Å². The first-order valence-corrected chi connectivity index (χ1v) is 12.6. The number of carbonyl (C=O) groups excluding carboxylic acids is 1. The quantitative estimate of drug-likeness (QED) is 0.401. The van der Waals surface area contributed by atoms with Crippen LogP contribution < -0.4 is 15.6 Å². The summed E-state index contributed by atoms with van der Waals surface area (Å²) in [7, 11) is 5.74. The fourth-order valence-electron chi connectivity index (χ4n) is 5.25. The molecule has 6 rings (SSSR count). The summed E-state index contributed by atoms with van der Waals surface area (Å²) in [5.74, 6) is 0.367. The van der Waals surface area contributed by atoms with Crippen LogP contribution >= 0.6 is 0 Å². The van der Waals surface area contributed by atoms with E-state index in [1.165, 1.54) is 0 Å². The fourth-order valence-corrected chi connectivity index (χ4v) is 5.25. The van der Waals surface area contributed by atoms with Crippen LogP contribution in [0.15, 0.2) is 53.3 Å². The highest BCUT2D eigenvalue weighted by molar-refractivity contribution is 6.07. The van der Waals surface area contributed by atoms with Crippen molar-refractivity contribution in [3.63, 3.8) is 0 Å². The second-order valence-corrected chi connectivity index (χ2v) is 9.76. The van der Waals surface area contributed by atoms with E-state index < -0.39 is 0 Å². The number of nitrogens with zero attached hydrogens (tertiary/aromatic N) is 5. The third kappa shape index (κ3) is 3.91. The highest BCUT2D eigenvalue weighted by Crippen LogP contribution is 2.29. The lowest BCUT2D eigenvalue weighted by molar-refractivity contribution is 0.0383. The molecule has 9 heteroatoms. The maximum absolute atomic E-state index is 13.8. The van der Waals surface area contributed by atoms with Gasteiger partial charge in [0.15, 0.2) is 5.65 Å². The Kier molecular flexibility index (Phi) is 5.81. The van der Waals surface area contributed by atoms with Crippen molar-refractivity contribution < 1.29 is 9.53 Å². The lowest BCUT2D eigenvalue weighted by Crippen LogP contribution is -2.42. The Labute approximate surface area is 213 Å². The van der Waals surface area contributed by atoms with Crippen LogP contribution in [0.2, 0.25) is 0 Å². The second-order valence-electron chi connectivity index (χ2n) is 9.76. The molecule has 190 valence electrons. The highest BCUT2D eigenvalue weighted by atomic mass is 16.5. The van der Waals surface area contributed by atoms with Gasteiger partial charge in [-0.2, -0.15) is 0 Å². The molecule has 4 heterocycles. The Morgan fingerprint density at radius 2 is 1.76 bits per heavy atom. The number of benzene rings is 2. The molecule has 0 bridgehead atoms. The Balaban J connectivity index is 1.57. The van der Waals surface area contributed by atoms with E-state index in [-0.39, 0.29) is 16.9 Å². The number of ether oxygens (including phenoxy) is 1. The van der Waals surface area contributed by atoms with Gasteiger partial charge in [-0.3, -0.25) is 18.9 Å². The lowest BCUT2D eigenvalue weighted by Gasteiger charge is -2.26. The minimum absolute atomic E-state index is 0.136. The lowest BCUT2D eigenvalue weighted by atomic mass is 10.1. The van der Waals surface area contributed by atoms with Crippen LogP contribution in [0.5, 0.6) is 0 Å². The Morgan fingerprint density at radius 1 is 1.05 bits per heavy atom. The summed E-state index contributed by atoms with van der Waals surface area (Å²) in [5.41, 5.74) is 2.72. The largest absolute Gasteiger partial charge is 0.379 e. The Morgan fingerprint density at radius 3 is 2.46 bits per heavy atom. The number of imidazole rings is 1. The molecule has 3 aromatic heterocycles. The molecule has 37 heavy (non-hydrogen) atoms. The molecule has 1 aliphatic heterocycles. The number of amides is 1. The smallest absolute Gasteiger partial charge is 0.259 e. The van der Waals surface area contributed by atoms with Gasteiger partial charge in [0.25, 0.3) is 5.91 Å². The summed E-state index contributed by atoms with van der Waals surface area (Å²) >= 11 is 0. The first-order valence-electron chi connectivity index (χ1n) is 12.6. The summed E-state index contributed by atoms with van der Waals surface area (Å²) in [4.78, 5) is 36.4. The third-order valence-corrected chi connectivity index (χ3v) is 7.24. The zero-order chi connectivity index (χ0) is 25.7. The zero-order valence-electron chi connectivity index (χ0n) is 21.3. The molecule has 1 saturated heterocycles. The maximum Gasteiger partial charge on any atom is 0.259 e. The monoisotopic (exact) mass is 498 g/mol. The molecule has 1 aliphatic rings. The number of fused-ring (bicyclic) bond motifs is 6. The van der Waals surface area contributed by atoms with Crippen LogP contribution in [-0.4, -0.2) is 78.2 Å². The van der Waals surface area contributed by atoms with Gasteiger partial charge in [-0.1, -0.05) is 24.3 Å². The zero-order valence-corrected chi connectivity index (χ0v) is 21.3. The predicted octanol–water partition coefficient (Wildman–Crippen LogP) is 2.62. The second kappa shape index (κ2) is 9.17. The first-order chi connectivity index (χ1) is 17.9. The van der Waals surface area contributed by atoms with Crippen molar-refractivity contribution in [2.24, 2.45) is 7.05 Å². The van der Waals surface area contributed by atoms with Gasteiger partial charge in [-0.25, -0.2) is 4.98 Å². The van der Waals surface area contributed by atoms with Crippen molar-refractivity contribution in [1.29, 1.82) is 0 Å². The average molecular weight is 499 g/mol. The predicted molar refractivity (Wildman–Crippen MR) is 147 cm³/mol. The molecule has 0 saturated carbocycles. The van der Waals surface area contributed by atoms with Crippen molar-refractivity contribution in [2.45, 2.75) is 0 Å². The summed E-state index contributed by atoms with van der Waals surface area (Å²) < 4.78 is 9.30. The molecule has 0 aliphatic carbocycles. The van der Waals surface area contributed by atoms with Gasteiger partial charge in [0, 0.05) is 47.3 Å². The van der Waals surface area contributed by atoms with Crippen molar-refractivity contribution in [3.05, 3.63) is 64.3 Å². The van der Waals surface area contributed by atoms with Crippen LogP contribution in [-0.2, 0) is 11.8 Å². The first kappa shape index (κ1) is 23.4. The van der Waals surface area contributed by atoms with E-state index in [1.54, 1.807) is 6.07 Å². The average Bonchev–Trinajstić information content (AvgIpc) is 3.19. The van der Waals surface area contributed by atoms with Gasteiger partial charge in [-0.05, 0) is 35.0 Å². The maximum atomic E-state index is 13.8. The van der Waals surface area contributed by atoms with Gasteiger partial charge in [0.1, 0.15) is 17.0 Å². The summed E-state index contributed by atoms with van der Waals surface area (Å²) in [6.07, 6.45) is 0. The molecule has 0 spiro atoms.